The second-order valence-electron chi connectivity index (χ2n) is 4.13. The predicted molar refractivity (Wildman–Crippen MR) is 80.6 cm³/mol. The monoisotopic (exact) mass is 371 g/mol. The smallest absolute Gasteiger partial charge is 0.358 e. The Kier molecular flexibility index (Phi) is 4.24. The van der Waals surface area contributed by atoms with E-state index in [2.05, 4.69) is 25.6 Å². The Labute approximate surface area is 129 Å². The second kappa shape index (κ2) is 5.78. The Morgan fingerprint density at radius 1 is 1.29 bits per heavy atom. The van der Waals surface area contributed by atoms with Gasteiger partial charge in [-0.25, -0.2) is 8.42 Å². The number of nitrogens with one attached hydrogen (secondary N) is 1. The van der Waals surface area contributed by atoms with Gasteiger partial charge in [-0.3, -0.25) is 4.72 Å². The third kappa shape index (κ3) is 3.37. The number of aromatic nitrogens is 1. The summed E-state index contributed by atoms with van der Waals surface area (Å²) in [4.78, 5) is 13.2. The van der Waals surface area contributed by atoms with E-state index in [9.17, 15) is 18.5 Å². The van der Waals surface area contributed by atoms with Crippen LogP contribution in [0.25, 0.3) is 0 Å². The van der Waals surface area contributed by atoms with Crippen molar-refractivity contribution in [3.63, 3.8) is 0 Å². The van der Waals surface area contributed by atoms with Crippen molar-refractivity contribution in [2.45, 2.75) is 11.8 Å². The van der Waals surface area contributed by atoms with Crippen LogP contribution in [-0.2, 0) is 10.0 Å². The van der Waals surface area contributed by atoms with Gasteiger partial charge in [0.2, 0.25) is 0 Å². The van der Waals surface area contributed by atoms with Gasteiger partial charge in [-0.1, -0.05) is 22.0 Å². The topological polar surface area (TPSA) is 102 Å². The maximum absolute atomic E-state index is 12.2. The third-order valence-electron chi connectivity index (χ3n) is 2.73. The summed E-state index contributed by atoms with van der Waals surface area (Å²) in [6.07, 6.45) is 0.952. The highest BCUT2D eigenvalue weighted by Gasteiger charge is 2.19. The number of nitro groups is 1. The van der Waals surface area contributed by atoms with Crippen molar-refractivity contribution in [2.24, 2.45) is 0 Å². The summed E-state index contributed by atoms with van der Waals surface area (Å²) in [5.74, 6) is -0.410. The fourth-order valence-electron chi connectivity index (χ4n) is 1.56. The molecule has 0 spiro atoms. The Hall–Kier alpha value is -2.00. The number of sulfonamides is 1. The predicted octanol–water partition coefficient (Wildman–Crippen LogP) is 2.86. The van der Waals surface area contributed by atoms with Crippen molar-refractivity contribution < 1.29 is 13.3 Å². The van der Waals surface area contributed by atoms with Gasteiger partial charge in [-0.15, -0.1) is 0 Å². The van der Waals surface area contributed by atoms with E-state index in [1.165, 1.54) is 0 Å². The molecular formula is C12H10BrN3O4S. The first-order valence-electron chi connectivity index (χ1n) is 5.69. The number of pyridine rings is 1. The van der Waals surface area contributed by atoms with Crippen LogP contribution in [0.4, 0.5) is 11.5 Å². The summed E-state index contributed by atoms with van der Waals surface area (Å²) in [6, 6.07) is 7.29. The van der Waals surface area contributed by atoms with E-state index in [0.717, 1.165) is 28.4 Å². The van der Waals surface area contributed by atoms with E-state index in [1.807, 2.05) is 0 Å². The lowest BCUT2D eigenvalue weighted by Crippen LogP contribution is -2.14. The molecule has 0 atom stereocenters. The van der Waals surface area contributed by atoms with Gasteiger partial charge in [0, 0.05) is 10.5 Å². The molecule has 9 heteroatoms. The molecule has 110 valence electrons. The highest BCUT2D eigenvalue weighted by atomic mass is 79.9. The lowest BCUT2D eigenvalue weighted by molar-refractivity contribution is -0.389. The maximum atomic E-state index is 12.2. The normalized spacial score (nSPS) is 11.1. The summed E-state index contributed by atoms with van der Waals surface area (Å²) >= 11 is 3.31. The fraction of sp³-hybridized carbons (Fsp3) is 0.0833. The fourth-order valence-corrected chi connectivity index (χ4v) is 2.99. The van der Waals surface area contributed by atoms with E-state index in [4.69, 9.17) is 0 Å². The number of rotatable bonds is 4. The highest BCUT2D eigenvalue weighted by molar-refractivity contribution is 9.10. The van der Waals surface area contributed by atoms with Gasteiger partial charge >= 0.3 is 5.82 Å². The molecule has 0 amide bonds. The molecule has 0 aliphatic carbocycles. The molecule has 7 nitrogen and oxygen atoms in total. The zero-order valence-corrected chi connectivity index (χ0v) is 13.2. The van der Waals surface area contributed by atoms with Crippen LogP contribution < -0.4 is 4.72 Å². The van der Waals surface area contributed by atoms with Crippen molar-refractivity contribution in [2.75, 3.05) is 4.72 Å². The molecule has 1 heterocycles. The van der Waals surface area contributed by atoms with Gasteiger partial charge in [-0.05, 0) is 40.6 Å². The molecule has 1 aromatic heterocycles. The van der Waals surface area contributed by atoms with Gasteiger partial charge in [0.05, 0.1) is 5.69 Å². The minimum absolute atomic E-state index is 0.146. The molecule has 0 radical (unpaired) electrons. The number of anilines is 1. The van der Waals surface area contributed by atoms with E-state index < -0.39 is 20.8 Å². The maximum Gasteiger partial charge on any atom is 0.363 e. The average Bonchev–Trinajstić information content (AvgIpc) is 2.44. The van der Waals surface area contributed by atoms with Crippen LogP contribution in [-0.4, -0.2) is 18.3 Å². The van der Waals surface area contributed by atoms with Gasteiger partial charge < -0.3 is 10.1 Å². The van der Waals surface area contributed by atoms with Crippen molar-refractivity contribution in [3.8, 4) is 0 Å². The molecule has 2 aromatic rings. The zero-order chi connectivity index (χ0) is 15.6. The number of nitrogens with zero attached hydrogens (tertiary/aromatic N) is 2. The summed E-state index contributed by atoms with van der Waals surface area (Å²) in [7, 11) is -3.85. The number of benzene rings is 1. The van der Waals surface area contributed by atoms with Crippen molar-refractivity contribution >= 4 is 37.5 Å². The van der Waals surface area contributed by atoms with Gasteiger partial charge in [0.25, 0.3) is 10.0 Å². The molecule has 0 saturated carbocycles. The van der Waals surface area contributed by atoms with Crippen LogP contribution in [0.3, 0.4) is 0 Å². The number of hydrogen-bond donors (Lipinski definition) is 1. The Morgan fingerprint density at radius 3 is 2.57 bits per heavy atom. The summed E-state index contributed by atoms with van der Waals surface area (Å²) in [5, 5.41) is 10.5. The van der Waals surface area contributed by atoms with E-state index >= 15 is 0 Å². The molecule has 1 N–H and O–H groups in total. The van der Waals surface area contributed by atoms with Crippen molar-refractivity contribution in [1.82, 2.24) is 4.98 Å². The van der Waals surface area contributed by atoms with E-state index in [-0.39, 0.29) is 4.90 Å². The van der Waals surface area contributed by atoms with Crippen molar-refractivity contribution in [3.05, 3.63) is 56.7 Å². The first-order chi connectivity index (χ1) is 9.81. The van der Waals surface area contributed by atoms with E-state index in [1.54, 1.807) is 25.1 Å². The summed E-state index contributed by atoms with van der Waals surface area (Å²) < 4.78 is 27.6. The van der Waals surface area contributed by atoms with Crippen LogP contribution in [0.1, 0.15) is 5.56 Å². The Bertz CT molecular complexity index is 791. The highest BCUT2D eigenvalue weighted by Crippen LogP contribution is 2.25. The summed E-state index contributed by atoms with van der Waals surface area (Å²) in [6.45, 7) is 1.76. The molecule has 21 heavy (non-hydrogen) atoms. The molecule has 0 aliphatic rings. The summed E-state index contributed by atoms with van der Waals surface area (Å²) in [5.41, 5.74) is 1.15. The van der Waals surface area contributed by atoms with Gasteiger partial charge in [-0.2, -0.15) is 0 Å². The van der Waals surface area contributed by atoms with Crippen LogP contribution in [0.15, 0.2) is 45.9 Å². The minimum Gasteiger partial charge on any atom is -0.358 e. The van der Waals surface area contributed by atoms with Crippen molar-refractivity contribution in [1.29, 1.82) is 0 Å². The van der Waals surface area contributed by atoms with Crippen LogP contribution >= 0.6 is 15.9 Å². The molecule has 0 fully saturated rings. The van der Waals surface area contributed by atoms with Gasteiger partial charge in [0.15, 0.2) is 6.20 Å². The third-order valence-corrected chi connectivity index (χ3v) is 4.94. The largest absolute Gasteiger partial charge is 0.363 e. The second-order valence-corrected chi connectivity index (χ2v) is 6.66. The SMILES string of the molecule is Cc1c(Br)cccc1NS(=O)(=O)c1ccc([N+](=O)[O-])nc1. The Balaban J connectivity index is 2.34. The van der Waals surface area contributed by atoms with Crippen LogP contribution in [0.5, 0.6) is 0 Å². The zero-order valence-electron chi connectivity index (χ0n) is 10.8. The molecule has 0 saturated heterocycles. The molecule has 0 unspecified atom stereocenters. The molecule has 0 aliphatic heterocycles. The quantitative estimate of drug-likeness (QED) is 0.657. The average molecular weight is 372 g/mol. The van der Waals surface area contributed by atoms with Crippen LogP contribution in [0, 0.1) is 17.0 Å². The minimum atomic E-state index is -3.85. The standard InChI is InChI=1S/C12H10BrN3O4S/c1-8-10(13)3-2-4-11(8)15-21(19,20)9-5-6-12(14-7-9)16(17)18/h2-7,15H,1H3. The molecule has 2 rings (SSSR count). The van der Waals surface area contributed by atoms with Crippen LogP contribution in [0.2, 0.25) is 0 Å². The van der Waals surface area contributed by atoms with Gasteiger partial charge in [0.1, 0.15) is 4.90 Å². The van der Waals surface area contributed by atoms with E-state index in [0.29, 0.717) is 5.69 Å². The lowest BCUT2D eigenvalue weighted by atomic mass is 10.2. The first kappa shape index (κ1) is 15.4. The Morgan fingerprint density at radius 2 is 2.00 bits per heavy atom. The molecule has 0 bridgehead atoms. The molecule has 1 aromatic carbocycles. The lowest BCUT2D eigenvalue weighted by Gasteiger charge is -2.10. The first-order valence-corrected chi connectivity index (χ1v) is 7.97. The number of hydrogen-bond acceptors (Lipinski definition) is 5. The number of halogens is 1. The molecular weight excluding hydrogens is 362 g/mol.